The molecule has 5 aromatic rings. The highest BCUT2D eigenvalue weighted by molar-refractivity contribution is 5.95. The molecule has 10 heteroatoms. The molecule has 0 atom stereocenters. The number of benzene rings is 1. The number of fused-ring (bicyclic) bond motifs is 1. The zero-order chi connectivity index (χ0) is 26.3. The van der Waals surface area contributed by atoms with Crippen molar-refractivity contribution in [3.8, 4) is 22.4 Å². The Morgan fingerprint density at radius 2 is 1.87 bits per heavy atom. The Balaban J connectivity index is 0.945. The van der Waals surface area contributed by atoms with Crippen molar-refractivity contribution in [2.75, 3.05) is 26.2 Å². The molecule has 4 aromatic heterocycles. The molecule has 0 spiro atoms. The first-order valence-corrected chi connectivity index (χ1v) is 13.1. The topological polar surface area (TPSA) is 95.8 Å². The summed E-state index contributed by atoms with van der Waals surface area (Å²) in [4.78, 5) is 33.2. The number of hydrogen-bond acceptors (Lipinski definition) is 6. The molecule has 2 aliphatic rings. The van der Waals surface area contributed by atoms with E-state index in [9.17, 15) is 9.18 Å². The minimum atomic E-state index is -0.497. The van der Waals surface area contributed by atoms with Crippen molar-refractivity contribution >= 4 is 16.9 Å². The van der Waals surface area contributed by atoms with Gasteiger partial charge in [0.1, 0.15) is 23.8 Å². The molecule has 2 saturated heterocycles. The summed E-state index contributed by atoms with van der Waals surface area (Å²) in [7, 11) is 0. The quantitative estimate of drug-likeness (QED) is 0.375. The Morgan fingerprint density at radius 1 is 1.00 bits per heavy atom. The molecule has 2 fully saturated rings. The van der Waals surface area contributed by atoms with E-state index in [4.69, 9.17) is 0 Å². The second-order valence-corrected chi connectivity index (χ2v) is 10.1. The van der Waals surface area contributed by atoms with Crippen LogP contribution in [0, 0.1) is 11.9 Å². The highest BCUT2D eigenvalue weighted by Crippen LogP contribution is 2.30. The van der Waals surface area contributed by atoms with Crippen molar-refractivity contribution in [1.29, 1.82) is 0 Å². The third-order valence-electron chi connectivity index (χ3n) is 7.77. The lowest BCUT2D eigenvalue weighted by molar-refractivity contribution is 0.0512. The van der Waals surface area contributed by atoms with Crippen LogP contribution in [0.3, 0.4) is 0 Å². The van der Waals surface area contributed by atoms with E-state index in [0.29, 0.717) is 24.7 Å². The average Bonchev–Trinajstić information content (AvgIpc) is 3.63. The standard InChI is InChI=1S/C29H26FN8O/c30-26-12-19(20-2-1-8-31-13-20)3-4-24(26)29(39)36-10-6-22(7-11-36)37-16-23(17-37)38-15-21(14-35-38)27-25-5-9-32-28(25)34-18-33-27/h1-5,8-9,12-15,18,22H,6-7,10-11,16-17H2,(H,32,33,34). The van der Waals surface area contributed by atoms with Crippen molar-refractivity contribution in [3.63, 3.8) is 0 Å². The average molecular weight is 522 g/mol. The Morgan fingerprint density at radius 3 is 2.67 bits per heavy atom. The molecule has 2 aliphatic heterocycles. The molecule has 1 N–H and O–H groups in total. The first-order chi connectivity index (χ1) is 19.1. The van der Waals surface area contributed by atoms with Crippen LogP contribution in [-0.4, -0.2) is 77.6 Å². The maximum absolute atomic E-state index is 14.9. The van der Waals surface area contributed by atoms with Crippen LogP contribution in [0.5, 0.6) is 0 Å². The van der Waals surface area contributed by atoms with Crippen molar-refractivity contribution in [2.24, 2.45) is 0 Å². The van der Waals surface area contributed by atoms with E-state index in [-0.39, 0.29) is 11.5 Å². The van der Waals surface area contributed by atoms with Gasteiger partial charge in [-0.25, -0.2) is 14.4 Å². The number of carbonyl (C=O) groups is 1. The van der Waals surface area contributed by atoms with Gasteiger partial charge in [0.05, 0.1) is 17.5 Å². The summed E-state index contributed by atoms with van der Waals surface area (Å²) in [6.07, 6.45) is 12.4. The highest BCUT2D eigenvalue weighted by Gasteiger charge is 2.37. The molecule has 6 heterocycles. The number of nitrogens with one attached hydrogen (secondary N) is 1. The number of hydrogen-bond donors (Lipinski definition) is 1. The second-order valence-electron chi connectivity index (χ2n) is 10.1. The maximum Gasteiger partial charge on any atom is 0.256 e. The van der Waals surface area contributed by atoms with Crippen LogP contribution >= 0.6 is 0 Å². The number of nitrogens with zero attached hydrogens (tertiary/aromatic N) is 7. The number of pyridine rings is 1. The van der Waals surface area contributed by atoms with E-state index in [1.165, 1.54) is 12.1 Å². The Hall–Kier alpha value is -4.44. The second kappa shape index (κ2) is 9.70. The van der Waals surface area contributed by atoms with Crippen LogP contribution in [0.1, 0.15) is 23.2 Å². The number of aromatic nitrogens is 6. The molecule has 0 saturated carbocycles. The van der Waals surface area contributed by atoms with Gasteiger partial charge in [-0.05, 0) is 42.7 Å². The van der Waals surface area contributed by atoms with E-state index < -0.39 is 5.82 Å². The van der Waals surface area contributed by atoms with Crippen LogP contribution < -0.4 is 0 Å². The zero-order valence-electron chi connectivity index (χ0n) is 21.2. The fraction of sp³-hybridized carbons (Fsp3) is 0.241. The molecular weight excluding hydrogens is 495 g/mol. The third kappa shape index (κ3) is 4.36. The van der Waals surface area contributed by atoms with Gasteiger partial charge in [0, 0.05) is 73.5 Å². The van der Waals surface area contributed by atoms with E-state index in [1.54, 1.807) is 35.8 Å². The van der Waals surface area contributed by atoms with Crippen molar-refractivity contribution in [1.82, 2.24) is 39.5 Å². The molecule has 1 aromatic carbocycles. The summed E-state index contributed by atoms with van der Waals surface area (Å²) in [5, 5.41) is 5.55. The maximum atomic E-state index is 14.9. The van der Waals surface area contributed by atoms with E-state index in [2.05, 4.69) is 29.9 Å². The monoisotopic (exact) mass is 521 g/mol. The van der Waals surface area contributed by atoms with Crippen molar-refractivity contribution in [2.45, 2.75) is 18.9 Å². The van der Waals surface area contributed by atoms with E-state index in [1.807, 2.05) is 41.5 Å². The van der Waals surface area contributed by atoms with E-state index >= 15 is 0 Å². The largest absolute Gasteiger partial charge is 0.346 e. The molecule has 9 nitrogen and oxygen atoms in total. The van der Waals surface area contributed by atoms with Crippen LogP contribution in [0.2, 0.25) is 0 Å². The van der Waals surface area contributed by atoms with Gasteiger partial charge >= 0.3 is 0 Å². The first kappa shape index (κ1) is 23.7. The molecule has 1 amide bonds. The number of rotatable bonds is 5. The molecule has 0 unspecified atom stereocenters. The highest BCUT2D eigenvalue weighted by atomic mass is 19.1. The van der Waals surface area contributed by atoms with Gasteiger partial charge in [0.2, 0.25) is 0 Å². The number of carbonyl (C=O) groups excluding carboxylic acids is 1. The van der Waals surface area contributed by atoms with Crippen molar-refractivity contribution < 1.29 is 9.18 Å². The predicted octanol–water partition coefficient (Wildman–Crippen LogP) is 4.02. The molecule has 0 aliphatic carbocycles. The number of amides is 1. The van der Waals surface area contributed by atoms with Gasteiger partial charge in [0.15, 0.2) is 0 Å². The van der Waals surface area contributed by atoms with Crippen LogP contribution in [0.15, 0.2) is 73.7 Å². The predicted molar refractivity (Wildman–Crippen MR) is 144 cm³/mol. The molecule has 195 valence electrons. The number of piperidine rings is 1. The van der Waals surface area contributed by atoms with Gasteiger partial charge < -0.3 is 9.88 Å². The summed E-state index contributed by atoms with van der Waals surface area (Å²) in [5.74, 6) is -0.742. The summed E-state index contributed by atoms with van der Waals surface area (Å²) in [5.41, 5.74) is 4.28. The fourth-order valence-electron chi connectivity index (χ4n) is 5.55. The van der Waals surface area contributed by atoms with Crippen LogP contribution in [0.4, 0.5) is 4.39 Å². The molecule has 7 rings (SSSR count). The lowest BCUT2D eigenvalue weighted by Gasteiger charge is -2.46. The number of H-pyrrole nitrogens is 1. The fourth-order valence-corrected chi connectivity index (χ4v) is 5.55. The first-order valence-electron chi connectivity index (χ1n) is 13.1. The van der Waals surface area contributed by atoms with Gasteiger partial charge in [-0.15, -0.1) is 0 Å². The minimum absolute atomic E-state index is 0.121. The normalized spacial score (nSPS) is 17.0. The van der Waals surface area contributed by atoms with Crippen molar-refractivity contribution in [3.05, 3.63) is 91.1 Å². The molecule has 0 bridgehead atoms. The lowest BCUT2D eigenvalue weighted by Crippen LogP contribution is -2.56. The van der Waals surface area contributed by atoms with Crippen LogP contribution in [0.25, 0.3) is 33.4 Å². The van der Waals surface area contributed by atoms with Gasteiger partial charge in [-0.1, -0.05) is 12.1 Å². The SMILES string of the molecule is O=C(c1ccc(-c2cccnc2)cc1F)N1CCC(N2C[C](n3cc(-c4ncnc5[nH]ccc45)cn3)C2)CC1. The Bertz CT molecular complexity index is 1630. The Kier molecular flexibility index (Phi) is 5.89. The minimum Gasteiger partial charge on any atom is -0.346 e. The zero-order valence-corrected chi connectivity index (χ0v) is 21.2. The van der Waals surface area contributed by atoms with Gasteiger partial charge in [-0.3, -0.25) is 19.4 Å². The summed E-state index contributed by atoms with van der Waals surface area (Å²) < 4.78 is 16.8. The summed E-state index contributed by atoms with van der Waals surface area (Å²) in [6, 6.07) is 12.1. The molecule has 39 heavy (non-hydrogen) atoms. The van der Waals surface area contributed by atoms with E-state index in [0.717, 1.165) is 53.8 Å². The smallest absolute Gasteiger partial charge is 0.256 e. The summed E-state index contributed by atoms with van der Waals surface area (Å²) >= 11 is 0. The Labute approximate surface area is 224 Å². The van der Waals surface area contributed by atoms with Gasteiger partial charge in [-0.2, -0.15) is 5.10 Å². The molecule has 1 radical (unpaired) electrons. The van der Waals surface area contributed by atoms with Crippen LogP contribution in [-0.2, 0) is 0 Å². The third-order valence-corrected chi connectivity index (χ3v) is 7.77. The number of halogens is 1. The summed E-state index contributed by atoms with van der Waals surface area (Å²) in [6.45, 7) is 2.91. The number of likely N-dealkylation sites (tertiary alicyclic amines) is 2. The van der Waals surface area contributed by atoms with Gasteiger partial charge in [0.25, 0.3) is 5.91 Å². The number of aromatic amines is 1. The molecular formula is C29H26FN8O. The lowest BCUT2D eigenvalue weighted by atomic mass is 9.96.